The van der Waals surface area contributed by atoms with E-state index in [0.717, 1.165) is 23.0 Å². The third-order valence-electron chi connectivity index (χ3n) is 6.31. The van der Waals surface area contributed by atoms with E-state index in [1.165, 1.54) is 76.3 Å². The van der Waals surface area contributed by atoms with Crippen LogP contribution in [0.15, 0.2) is 76.3 Å². The maximum Gasteiger partial charge on any atom is 0.0717 e. The SMILES string of the molecule is CSC1=C(SC)SC(=C2SC(SC)=C(SCCSC3=C(SCCSC4=C(SC)SC(=C5SC(SC)=C(SC)S5)S4)SC(=C4SC(SC)=C(SC)S4)S3)S2)S1. The van der Waals surface area contributed by atoms with Crippen LogP contribution >= 0.6 is 282 Å². The van der Waals surface area contributed by atoms with E-state index in [1.807, 2.05) is 235 Å². The van der Waals surface area contributed by atoms with Crippen LogP contribution in [0.2, 0.25) is 0 Å². The molecule has 0 spiro atoms. The van der Waals surface area contributed by atoms with Gasteiger partial charge in [-0.05, 0) is 50.0 Å². The minimum Gasteiger partial charge on any atom is -0.121 e. The molecule has 0 radical (unpaired) electrons. The lowest BCUT2D eigenvalue weighted by atomic mass is 11.0. The number of thioether (sulfide) groups is 24. The Morgan fingerprint density at radius 3 is 0.519 bits per heavy atom. The van der Waals surface area contributed by atoms with Gasteiger partial charge in [0.25, 0.3) is 0 Å². The first-order valence-corrected chi connectivity index (χ1v) is 38.6. The van der Waals surface area contributed by atoms with Crippen LogP contribution in [-0.4, -0.2) is 73.1 Å². The van der Waals surface area contributed by atoms with Gasteiger partial charge in [0.15, 0.2) is 0 Å². The second-order valence-electron chi connectivity index (χ2n) is 9.43. The summed E-state index contributed by atoms with van der Waals surface area (Å²) >= 11 is 47.3. The van der Waals surface area contributed by atoms with Gasteiger partial charge < -0.3 is 0 Å². The van der Waals surface area contributed by atoms with E-state index in [4.69, 9.17) is 0 Å². The van der Waals surface area contributed by atoms with Gasteiger partial charge in [-0.15, -0.1) is 141 Å². The molecule has 0 atom stereocenters. The quantitative estimate of drug-likeness (QED) is 0.119. The Morgan fingerprint density at radius 2 is 0.352 bits per heavy atom. The highest BCUT2D eigenvalue weighted by Gasteiger charge is 2.33. The predicted octanol–water partition coefficient (Wildman–Crippen LogP) is 19.8. The fourth-order valence-corrected chi connectivity index (χ4v) is 36.8. The van der Waals surface area contributed by atoms with Crippen LogP contribution in [0.5, 0.6) is 0 Å². The van der Waals surface area contributed by atoms with Crippen LogP contribution in [0.25, 0.3) is 0 Å². The van der Waals surface area contributed by atoms with E-state index in [1.54, 1.807) is 0 Å². The molecule has 54 heavy (non-hydrogen) atoms. The minimum absolute atomic E-state index is 1.12. The fraction of sp³-hybridized carbons (Fsp3) is 0.400. The Kier molecular flexibility index (Phi) is 23.5. The van der Waals surface area contributed by atoms with Gasteiger partial charge in [0.05, 0.1) is 76.3 Å². The maximum absolute atomic E-state index is 2.24. The number of rotatable bonds is 18. The normalized spacial score (nSPS) is 21.3. The van der Waals surface area contributed by atoms with Gasteiger partial charge in [-0.3, -0.25) is 0 Å². The van der Waals surface area contributed by atoms with E-state index in [0.29, 0.717) is 0 Å². The van der Waals surface area contributed by atoms with Crippen molar-refractivity contribution in [2.75, 3.05) is 73.1 Å². The van der Waals surface area contributed by atoms with Gasteiger partial charge in [0.1, 0.15) is 0 Å². The van der Waals surface area contributed by atoms with Crippen LogP contribution in [0.4, 0.5) is 0 Å². The molecule has 6 heterocycles. The Balaban J connectivity index is 1.05. The van der Waals surface area contributed by atoms with Crippen LogP contribution in [-0.2, 0) is 0 Å². The lowest BCUT2D eigenvalue weighted by Crippen LogP contribution is -1.86. The lowest BCUT2D eigenvalue weighted by molar-refractivity contribution is 1.56. The summed E-state index contributed by atoms with van der Waals surface area (Å²) in [7, 11) is 0. The highest BCUT2D eigenvalue weighted by atomic mass is 32.3. The van der Waals surface area contributed by atoms with E-state index < -0.39 is 0 Å². The Hall–Kier alpha value is 6.06. The second-order valence-corrected chi connectivity index (χ2v) is 37.3. The summed E-state index contributed by atoms with van der Waals surface area (Å²) in [6, 6.07) is 0. The predicted molar refractivity (Wildman–Crippen MR) is 312 cm³/mol. The molecule has 0 N–H and O–H groups in total. The molecule has 24 heteroatoms. The molecule has 0 aromatic rings. The van der Waals surface area contributed by atoms with E-state index in [2.05, 4.69) is 97.1 Å². The van der Waals surface area contributed by atoms with Crippen LogP contribution < -0.4 is 0 Å². The summed E-state index contributed by atoms with van der Waals surface area (Å²) < 4.78 is 26.5. The summed E-state index contributed by atoms with van der Waals surface area (Å²) in [5, 5.41) is 0. The molecule has 296 valence electrons. The van der Waals surface area contributed by atoms with Crippen molar-refractivity contribution in [3.8, 4) is 0 Å². The molecule has 0 aromatic heterocycles. The molecule has 0 unspecified atom stereocenters. The molecule has 0 fully saturated rings. The lowest BCUT2D eigenvalue weighted by Gasteiger charge is -2.07. The number of hydrogen-bond donors (Lipinski definition) is 0. The molecular formula is C30H32S24. The third kappa shape index (κ3) is 13.1. The van der Waals surface area contributed by atoms with Crippen molar-refractivity contribution in [1.29, 1.82) is 0 Å². The molecule has 0 aliphatic carbocycles. The molecular weight excluding hydrogens is 1130 g/mol. The molecule has 0 nitrogen and oxygen atoms in total. The molecule has 0 saturated heterocycles. The van der Waals surface area contributed by atoms with Gasteiger partial charge in [-0.1, -0.05) is 141 Å². The zero-order chi connectivity index (χ0) is 38.2. The molecule has 0 bridgehead atoms. The molecule has 6 aliphatic heterocycles. The number of hydrogen-bond acceptors (Lipinski definition) is 24. The average molecular weight is 1160 g/mol. The highest BCUT2D eigenvalue weighted by molar-refractivity contribution is 8.47. The van der Waals surface area contributed by atoms with Crippen LogP contribution in [0, 0.1) is 0 Å². The highest BCUT2D eigenvalue weighted by Crippen LogP contribution is 2.69. The fourth-order valence-electron chi connectivity index (χ4n) is 4.03. The van der Waals surface area contributed by atoms with Gasteiger partial charge in [-0.2, -0.15) is 0 Å². The Morgan fingerprint density at radius 1 is 0.222 bits per heavy atom. The maximum atomic E-state index is 2.24. The topological polar surface area (TPSA) is 0 Å². The Bertz CT molecular complexity index is 1600. The first-order valence-electron chi connectivity index (χ1n) is 15.0. The van der Waals surface area contributed by atoms with E-state index in [9.17, 15) is 0 Å². The Labute approximate surface area is 424 Å². The van der Waals surface area contributed by atoms with Crippen molar-refractivity contribution in [3.05, 3.63) is 76.3 Å². The van der Waals surface area contributed by atoms with Crippen molar-refractivity contribution in [3.63, 3.8) is 0 Å². The standard InChI is InChI=1S/C30H32S24/c1-31-13-14(32-2)44-25(43-13)28-49-19(37-7)21(51-28)39-9-11-41-23-24(54-30(53-23)27-47-17(35-5)18(36-6)48-27)42-12-10-40-22-20(38-8)50-29(52-22)26-45-15(33-3)16(34-4)46-26/h9-12H2,1-8H3. The van der Waals surface area contributed by atoms with Gasteiger partial charge in [0.2, 0.25) is 0 Å². The van der Waals surface area contributed by atoms with Crippen molar-refractivity contribution in [2.24, 2.45) is 0 Å². The molecule has 6 rings (SSSR count). The van der Waals surface area contributed by atoms with Gasteiger partial charge in [0, 0.05) is 23.0 Å². The van der Waals surface area contributed by atoms with E-state index >= 15 is 0 Å². The van der Waals surface area contributed by atoms with Crippen LogP contribution in [0.3, 0.4) is 0 Å². The van der Waals surface area contributed by atoms with Gasteiger partial charge in [-0.25, -0.2) is 0 Å². The molecule has 6 aliphatic rings. The molecule has 0 amide bonds. The first-order chi connectivity index (χ1) is 26.4. The molecule has 0 saturated carbocycles. The zero-order valence-electron chi connectivity index (χ0n) is 29.6. The average Bonchev–Trinajstić information content (AvgIpc) is 4.05. The largest absolute Gasteiger partial charge is 0.121 e. The second kappa shape index (κ2) is 25.7. The third-order valence-corrected chi connectivity index (χ3v) is 40.3. The smallest absolute Gasteiger partial charge is 0.0717 e. The molecule has 0 aromatic carbocycles. The summed E-state index contributed by atoms with van der Waals surface area (Å²) in [6.07, 6.45) is 17.7. The van der Waals surface area contributed by atoms with Crippen molar-refractivity contribution < 1.29 is 0 Å². The van der Waals surface area contributed by atoms with Crippen LogP contribution in [0.1, 0.15) is 0 Å². The summed E-state index contributed by atoms with van der Waals surface area (Å²) in [5.74, 6) is 4.49. The van der Waals surface area contributed by atoms with Crippen molar-refractivity contribution >= 4 is 282 Å². The van der Waals surface area contributed by atoms with Crippen molar-refractivity contribution in [2.45, 2.75) is 0 Å². The summed E-state index contributed by atoms with van der Waals surface area (Å²) in [5.41, 5.74) is 0. The van der Waals surface area contributed by atoms with Crippen molar-refractivity contribution in [1.82, 2.24) is 0 Å². The minimum atomic E-state index is 1.12. The summed E-state index contributed by atoms with van der Waals surface area (Å²) in [6.45, 7) is 0. The van der Waals surface area contributed by atoms with E-state index in [-0.39, 0.29) is 0 Å². The first kappa shape index (κ1) is 49.5. The zero-order valence-corrected chi connectivity index (χ0v) is 49.2. The van der Waals surface area contributed by atoms with Gasteiger partial charge >= 0.3 is 0 Å². The summed E-state index contributed by atoms with van der Waals surface area (Å²) in [4.78, 5) is 0. The monoisotopic (exact) mass is 1160 g/mol.